The van der Waals surface area contributed by atoms with Gasteiger partial charge in [0.05, 0.1) is 22.5 Å². The van der Waals surface area contributed by atoms with Crippen molar-refractivity contribution in [2.24, 2.45) is 0 Å². The number of carboxylic acids is 1. The van der Waals surface area contributed by atoms with E-state index >= 15 is 4.39 Å². The molecule has 5 rings (SSSR count). The van der Waals surface area contributed by atoms with Crippen molar-refractivity contribution in [1.82, 2.24) is 19.7 Å². The molecule has 0 radical (unpaired) electrons. The maximum atomic E-state index is 15.6. The lowest BCUT2D eigenvalue weighted by Crippen LogP contribution is -2.45. The summed E-state index contributed by atoms with van der Waals surface area (Å²) in [5.41, 5.74) is 0.910. The first-order valence-electron chi connectivity index (χ1n) is 14.1. The summed E-state index contributed by atoms with van der Waals surface area (Å²) < 4.78 is 23.6. The zero-order valence-electron chi connectivity index (χ0n) is 23.3. The summed E-state index contributed by atoms with van der Waals surface area (Å²) in [5.74, 6) is -1.07. The minimum atomic E-state index is -0.789. The Balaban J connectivity index is 1.33. The van der Waals surface area contributed by atoms with Crippen molar-refractivity contribution in [3.8, 4) is 16.3 Å². The molecule has 3 aromatic rings. The molecule has 41 heavy (non-hydrogen) atoms. The highest BCUT2D eigenvalue weighted by molar-refractivity contribution is 7.18. The molecule has 1 atom stereocenters. The summed E-state index contributed by atoms with van der Waals surface area (Å²) in [5, 5.41) is 20.5. The van der Waals surface area contributed by atoms with Gasteiger partial charge in [-0.2, -0.15) is 0 Å². The number of hydrogen-bond acceptors (Lipinski definition) is 9. The van der Waals surface area contributed by atoms with Gasteiger partial charge in [-0.25, -0.2) is 4.39 Å². The van der Waals surface area contributed by atoms with E-state index in [9.17, 15) is 14.4 Å². The molecule has 1 aromatic carbocycles. The number of carbonyl (C=O) groups is 2. The van der Waals surface area contributed by atoms with E-state index in [-0.39, 0.29) is 29.2 Å². The molecule has 13 heteroatoms. The van der Waals surface area contributed by atoms with Crippen LogP contribution in [-0.2, 0) is 9.59 Å². The van der Waals surface area contributed by atoms with Gasteiger partial charge in [0, 0.05) is 45.2 Å². The highest BCUT2D eigenvalue weighted by Gasteiger charge is 2.31. The van der Waals surface area contributed by atoms with E-state index in [1.807, 2.05) is 23.4 Å². The van der Waals surface area contributed by atoms with E-state index < -0.39 is 11.8 Å². The van der Waals surface area contributed by atoms with Crippen molar-refractivity contribution in [2.75, 3.05) is 50.1 Å². The summed E-state index contributed by atoms with van der Waals surface area (Å²) in [6.45, 7) is 5.27. The molecule has 11 nitrogen and oxygen atoms in total. The maximum absolute atomic E-state index is 15.6. The Morgan fingerprint density at radius 3 is 2.56 bits per heavy atom. The third-order valence-corrected chi connectivity index (χ3v) is 8.53. The second-order valence-corrected chi connectivity index (χ2v) is 11.8. The van der Waals surface area contributed by atoms with Crippen LogP contribution in [0.25, 0.3) is 21.5 Å². The number of halogens is 1. The van der Waals surface area contributed by atoms with Crippen molar-refractivity contribution < 1.29 is 23.8 Å². The molecule has 0 bridgehead atoms. The lowest BCUT2D eigenvalue weighted by molar-refractivity contribution is -0.137. The minimum Gasteiger partial charge on any atom is -0.487 e. The molecular formula is C28H35FN6O5S. The molecular weight excluding hydrogens is 551 g/mol. The molecule has 2 aliphatic rings. The zero-order valence-corrected chi connectivity index (χ0v) is 24.1. The molecule has 220 valence electrons. The first kappa shape index (κ1) is 28.9. The van der Waals surface area contributed by atoms with Crippen LogP contribution in [-0.4, -0.2) is 76.5 Å². The topological polar surface area (TPSA) is 130 Å². The van der Waals surface area contributed by atoms with Crippen LogP contribution < -0.4 is 20.4 Å². The summed E-state index contributed by atoms with van der Waals surface area (Å²) in [7, 11) is 2.04. The molecule has 1 fully saturated rings. The first-order valence-corrected chi connectivity index (χ1v) is 14.9. The number of unbranched alkanes of at least 4 members (excludes halogenated alkanes) is 4. The highest BCUT2D eigenvalue weighted by atomic mass is 32.1. The average molecular weight is 587 g/mol. The van der Waals surface area contributed by atoms with Crippen LogP contribution in [0.15, 0.2) is 17.1 Å². The van der Waals surface area contributed by atoms with Gasteiger partial charge in [-0.1, -0.05) is 30.6 Å². The van der Waals surface area contributed by atoms with Crippen LogP contribution in [0.2, 0.25) is 0 Å². The van der Waals surface area contributed by atoms with Gasteiger partial charge in [-0.05, 0) is 32.9 Å². The summed E-state index contributed by atoms with van der Waals surface area (Å²) in [6, 6.07) is 1.22. The molecule has 0 saturated carbocycles. The summed E-state index contributed by atoms with van der Waals surface area (Å²) in [6.07, 6.45) is 6.08. The predicted octanol–water partition coefficient (Wildman–Crippen LogP) is 4.12. The Labute approximate surface area is 240 Å². The lowest BCUT2D eigenvalue weighted by atomic mass is 10.1. The monoisotopic (exact) mass is 586 g/mol. The number of amides is 1. The minimum absolute atomic E-state index is 0.0913. The fourth-order valence-corrected chi connectivity index (χ4v) is 6.11. The van der Waals surface area contributed by atoms with Crippen LogP contribution in [0.3, 0.4) is 0 Å². The van der Waals surface area contributed by atoms with E-state index in [4.69, 9.17) is 9.84 Å². The number of pyridine rings is 1. The number of anilines is 2. The Hall–Kier alpha value is -3.58. The number of ether oxygens (including phenoxy) is 1. The molecule has 2 N–H and O–H groups in total. The number of aliphatic carboxylic acids is 1. The summed E-state index contributed by atoms with van der Waals surface area (Å²) in [4.78, 5) is 40.8. The van der Waals surface area contributed by atoms with Gasteiger partial charge in [0.2, 0.25) is 11.0 Å². The standard InChI is InChI=1S/C28H35FN6O5S/c1-17-16-40-26-23-18(14-20(29)24(26)34-12-10-33(2)11-13-34)25(39)19(15-35(17)23)27-31-32-28(41-27)30-21(36)8-6-4-3-5-7-9-22(37)38/h14-15,17H,3-13,16H2,1-2H3,(H,37,38)(H,30,32,36)/t17-/m0/s1. The van der Waals surface area contributed by atoms with Gasteiger partial charge < -0.3 is 29.5 Å². The van der Waals surface area contributed by atoms with Crippen LogP contribution in [0.4, 0.5) is 15.2 Å². The number of hydrogen-bond donors (Lipinski definition) is 2. The lowest BCUT2D eigenvalue weighted by Gasteiger charge is -2.37. The number of carbonyl (C=O) groups excluding carboxylic acids is 1. The van der Waals surface area contributed by atoms with Crippen molar-refractivity contribution in [1.29, 1.82) is 0 Å². The van der Waals surface area contributed by atoms with E-state index in [1.165, 1.54) is 6.07 Å². The Kier molecular flexibility index (Phi) is 8.83. The SMILES string of the molecule is C[C@H]1COc2c(N3CCN(C)CC3)c(F)cc3c(=O)c(-c4nnc(NC(=O)CCCCCCCC(=O)O)s4)cn1c23. The molecule has 1 saturated heterocycles. The van der Waals surface area contributed by atoms with Crippen molar-refractivity contribution in [2.45, 2.75) is 57.9 Å². The van der Waals surface area contributed by atoms with Crippen molar-refractivity contribution in [3.05, 3.63) is 28.3 Å². The van der Waals surface area contributed by atoms with Gasteiger partial charge in [-0.3, -0.25) is 14.4 Å². The number of carboxylic acid groups (broad SMARTS) is 1. The van der Waals surface area contributed by atoms with E-state index in [2.05, 4.69) is 20.4 Å². The normalized spacial score (nSPS) is 17.0. The Morgan fingerprint density at radius 1 is 1.12 bits per heavy atom. The molecule has 0 aliphatic carbocycles. The third kappa shape index (κ3) is 6.35. The first-order chi connectivity index (χ1) is 19.7. The second kappa shape index (κ2) is 12.5. The fraction of sp³-hybridized carbons (Fsp3) is 0.536. The van der Waals surface area contributed by atoms with Crippen LogP contribution in [0.5, 0.6) is 5.75 Å². The number of piperazine rings is 1. The van der Waals surface area contributed by atoms with E-state index in [0.29, 0.717) is 71.6 Å². The fourth-order valence-electron chi connectivity index (χ4n) is 5.35. The third-order valence-electron chi connectivity index (χ3n) is 7.66. The molecule has 1 amide bonds. The van der Waals surface area contributed by atoms with Gasteiger partial charge in [0.15, 0.2) is 22.0 Å². The predicted molar refractivity (Wildman–Crippen MR) is 156 cm³/mol. The smallest absolute Gasteiger partial charge is 0.303 e. The van der Waals surface area contributed by atoms with Crippen LogP contribution in [0, 0.1) is 5.82 Å². The second-order valence-electron chi connectivity index (χ2n) is 10.8. The van der Waals surface area contributed by atoms with Crippen LogP contribution >= 0.6 is 11.3 Å². The number of nitrogens with zero attached hydrogens (tertiary/aromatic N) is 5. The number of benzene rings is 1. The van der Waals surface area contributed by atoms with E-state index in [0.717, 1.165) is 43.7 Å². The van der Waals surface area contributed by atoms with Crippen molar-refractivity contribution >= 4 is 44.9 Å². The van der Waals surface area contributed by atoms with E-state index in [1.54, 1.807) is 6.20 Å². The van der Waals surface area contributed by atoms with Gasteiger partial charge in [-0.15, -0.1) is 10.2 Å². The largest absolute Gasteiger partial charge is 0.487 e. The van der Waals surface area contributed by atoms with Gasteiger partial charge in [0.25, 0.3) is 0 Å². The highest BCUT2D eigenvalue weighted by Crippen LogP contribution is 2.42. The van der Waals surface area contributed by atoms with Gasteiger partial charge >= 0.3 is 5.97 Å². The average Bonchev–Trinajstić information content (AvgIpc) is 3.39. The summed E-state index contributed by atoms with van der Waals surface area (Å²) >= 11 is 1.10. The molecule has 2 aliphatic heterocycles. The van der Waals surface area contributed by atoms with Crippen LogP contribution in [0.1, 0.15) is 57.9 Å². The number of likely N-dealkylation sites (N-methyl/N-ethyl adjacent to an activating group) is 1. The molecule has 0 unspecified atom stereocenters. The molecule has 4 heterocycles. The zero-order chi connectivity index (χ0) is 29.1. The number of nitrogens with one attached hydrogen (secondary N) is 1. The van der Waals surface area contributed by atoms with Gasteiger partial charge in [0.1, 0.15) is 12.3 Å². The van der Waals surface area contributed by atoms with Crippen molar-refractivity contribution in [3.63, 3.8) is 0 Å². The molecule has 0 spiro atoms. The quantitative estimate of drug-likeness (QED) is 0.319. The maximum Gasteiger partial charge on any atom is 0.303 e. The molecule has 2 aromatic heterocycles. The Morgan fingerprint density at radius 2 is 1.83 bits per heavy atom. The number of aromatic nitrogens is 3. The Bertz CT molecular complexity index is 1500. The number of rotatable bonds is 11.